The fraction of sp³-hybridized carbons (Fsp3) is 0.588. The number of rotatable bonds is 6. The highest BCUT2D eigenvalue weighted by molar-refractivity contribution is 7.90. The van der Waals surface area contributed by atoms with E-state index in [9.17, 15) is 13.2 Å². The van der Waals surface area contributed by atoms with Crippen LogP contribution in [0.25, 0.3) is 0 Å². The predicted molar refractivity (Wildman–Crippen MR) is 98.6 cm³/mol. The molecule has 2 rings (SSSR count). The van der Waals surface area contributed by atoms with Gasteiger partial charge in [0.25, 0.3) is 5.91 Å². The number of amides is 1. The Hall–Kier alpha value is -1.11. The highest BCUT2D eigenvalue weighted by atomic mass is 35.5. The summed E-state index contributed by atoms with van der Waals surface area (Å²) in [5.41, 5.74) is 0.479. The molecule has 1 aromatic rings. The molecule has 0 aromatic heterocycles. The summed E-state index contributed by atoms with van der Waals surface area (Å²) in [6.07, 6.45) is 8.84. The van der Waals surface area contributed by atoms with Gasteiger partial charge in [-0.05, 0) is 37.1 Å². The van der Waals surface area contributed by atoms with Crippen molar-refractivity contribution in [3.8, 4) is 0 Å². The van der Waals surface area contributed by atoms with Gasteiger partial charge in [-0.25, -0.2) is 8.42 Å². The first-order valence-electron chi connectivity index (χ1n) is 8.28. The summed E-state index contributed by atoms with van der Waals surface area (Å²) < 4.78 is 22.8. The van der Waals surface area contributed by atoms with E-state index in [1.807, 2.05) is 0 Å². The number of carbonyl (C=O) groups excluding carboxylic acids is 1. The van der Waals surface area contributed by atoms with E-state index in [0.717, 1.165) is 12.8 Å². The largest absolute Gasteiger partial charge is 0.351 e. The summed E-state index contributed by atoms with van der Waals surface area (Å²) in [6, 6.07) is 6.60. The van der Waals surface area contributed by atoms with Crippen molar-refractivity contribution in [2.24, 2.45) is 0 Å². The third-order valence-corrected chi connectivity index (χ3v) is 5.37. The quantitative estimate of drug-likeness (QED) is 0.592. The molecule has 5 nitrogen and oxygen atoms in total. The Morgan fingerprint density at radius 2 is 1.62 bits per heavy atom. The molecule has 1 fully saturated rings. The maximum atomic E-state index is 12.0. The Balaban J connectivity index is 0.00000288. The summed E-state index contributed by atoms with van der Waals surface area (Å²) in [4.78, 5) is 12.2. The van der Waals surface area contributed by atoms with Crippen LogP contribution in [0.1, 0.15) is 48.9 Å². The third-order valence-electron chi connectivity index (χ3n) is 4.24. The van der Waals surface area contributed by atoms with Crippen LogP contribution in [0.15, 0.2) is 29.2 Å². The third kappa shape index (κ3) is 6.79. The van der Waals surface area contributed by atoms with Crippen molar-refractivity contribution >= 4 is 28.2 Å². The van der Waals surface area contributed by atoms with Gasteiger partial charge in [-0.2, -0.15) is 0 Å². The standard InChI is InChI=1S/C17H26N2O3S.ClH/c1-23(21,22)16-10-8-14(9-11-16)17(20)19-13-12-18-15-6-4-2-3-5-7-15;/h8-11,15,18H,2-7,12-13H2,1H3,(H,19,20);1H. The second-order valence-corrected chi connectivity index (χ2v) is 8.21. The van der Waals surface area contributed by atoms with E-state index in [1.165, 1.54) is 50.7 Å². The molecule has 0 spiro atoms. The smallest absolute Gasteiger partial charge is 0.251 e. The zero-order valence-corrected chi connectivity index (χ0v) is 15.7. The SMILES string of the molecule is CS(=O)(=O)c1ccc(C(=O)NCCNC2CCCCCC2)cc1.Cl. The number of benzene rings is 1. The van der Waals surface area contributed by atoms with Gasteiger partial charge in [0.2, 0.25) is 0 Å². The molecule has 2 N–H and O–H groups in total. The minimum atomic E-state index is -3.22. The molecule has 0 saturated heterocycles. The van der Waals surface area contributed by atoms with E-state index in [2.05, 4.69) is 10.6 Å². The predicted octanol–water partition coefficient (Wildman–Crippen LogP) is 2.55. The Morgan fingerprint density at radius 3 is 2.17 bits per heavy atom. The van der Waals surface area contributed by atoms with Gasteiger partial charge in [0.15, 0.2) is 9.84 Å². The highest BCUT2D eigenvalue weighted by Gasteiger charge is 2.12. The molecule has 24 heavy (non-hydrogen) atoms. The van der Waals surface area contributed by atoms with E-state index in [0.29, 0.717) is 18.2 Å². The van der Waals surface area contributed by atoms with Crippen LogP contribution in [0, 0.1) is 0 Å². The molecule has 1 aromatic carbocycles. The number of halogens is 1. The average molecular weight is 375 g/mol. The lowest BCUT2D eigenvalue weighted by molar-refractivity contribution is 0.0953. The molecule has 0 heterocycles. The van der Waals surface area contributed by atoms with Crippen LogP contribution in [0.3, 0.4) is 0 Å². The van der Waals surface area contributed by atoms with Crippen molar-refractivity contribution in [1.82, 2.24) is 10.6 Å². The van der Waals surface area contributed by atoms with Crippen molar-refractivity contribution in [1.29, 1.82) is 0 Å². The first-order chi connectivity index (χ1) is 11.0. The van der Waals surface area contributed by atoms with Gasteiger partial charge in [-0.3, -0.25) is 4.79 Å². The highest BCUT2D eigenvalue weighted by Crippen LogP contribution is 2.16. The second kappa shape index (κ2) is 10.0. The molecule has 1 saturated carbocycles. The number of nitrogens with one attached hydrogen (secondary N) is 2. The maximum absolute atomic E-state index is 12.0. The van der Waals surface area contributed by atoms with Crippen molar-refractivity contribution in [2.75, 3.05) is 19.3 Å². The van der Waals surface area contributed by atoms with E-state index < -0.39 is 9.84 Å². The van der Waals surface area contributed by atoms with Crippen LogP contribution in [-0.2, 0) is 9.84 Å². The number of hydrogen-bond acceptors (Lipinski definition) is 4. The average Bonchev–Trinajstić information content (AvgIpc) is 2.79. The van der Waals surface area contributed by atoms with Gasteiger partial charge in [-0.1, -0.05) is 25.7 Å². The first kappa shape index (κ1) is 20.9. The molecule has 1 aliphatic rings. The number of hydrogen-bond donors (Lipinski definition) is 2. The molecule has 7 heteroatoms. The Kier molecular flexibility index (Phi) is 8.73. The molecule has 1 aliphatic carbocycles. The van der Waals surface area contributed by atoms with Crippen molar-refractivity contribution in [3.63, 3.8) is 0 Å². The maximum Gasteiger partial charge on any atom is 0.251 e. The fourth-order valence-electron chi connectivity index (χ4n) is 2.89. The second-order valence-electron chi connectivity index (χ2n) is 6.20. The van der Waals surface area contributed by atoms with E-state index in [1.54, 1.807) is 12.1 Å². The Bertz CT molecular complexity index is 609. The summed E-state index contributed by atoms with van der Waals surface area (Å²) in [5.74, 6) is -0.173. The van der Waals surface area contributed by atoms with Crippen molar-refractivity contribution in [2.45, 2.75) is 49.5 Å². The minimum Gasteiger partial charge on any atom is -0.351 e. The lowest BCUT2D eigenvalue weighted by atomic mass is 10.1. The summed E-state index contributed by atoms with van der Waals surface area (Å²) in [5, 5.41) is 6.36. The van der Waals surface area contributed by atoms with Crippen LogP contribution >= 0.6 is 12.4 Å². The van der Waals surface area contributed by atoms with Crippen LogP contribution in [0.2, 0.25) is 0 Å². The topological polar surface area (TPSA) is 75.3 Å². The first-order valence-corrected chi connectivity index (χ1v) is 10.2. The normalized spacial score (nSPS) is 16.0. The lowest BCUT2D eigenvalue weighted by Gasteiger charge is -2.16. The lowest BCUT2D eigenvalue weighted by Crippen LogP contribution is -2.36. The van der Waals surface area contributed by atoms with Crippen molar-refractivity contribution in [3.05, 3.63) is 29.8 Å². The van der Waals surface area contributed by atoms with E-state index >= 15 is 0 Å². The number of sulfone groups is 1. The summed E-state index contributed by atoms with van der Waals surface area (Å²) in [6.45, 7) is 1.33. The molecule has 0 unspecified atom stereocenters. The zero-order chi connectivity index (χ0) is 16.7. The van der Waals surface area contributed by atoms with Crippen LogP contribution in [0.5, 0.6) is 0 Å². The van der Waals surface area contributed by atoms with Gasteiger partial charge in [0.05, 0.1) is 4.90 Å². The molecule has 0 aliphatic heterocycles. The van der Waals surface area contributed by atoms with E-state index in [-0.39, 0.29) is 23.2 Å². The van der Waals surface area contributed by atoms with Crippen LogP contribution < -0.4 is 10.6 Å². The van der Waals surface area contributed by atoms with Gasteiger partial charge >= 0.3 is 0 Å². The monoisotopic (exact) mass is 374 g/mol. The number of carbonyl (C=O) groups is 1. The molecular formula is C17H27ClN2O3S. The molecular weight excluding hydrogens is 348 g/mol. The van der Waals surface area contributed by atoms with Gasteiger partial charge in [0, 0.05) is 31.0 Å². The molecule has 136 valence electrons. The van der Waals surface area contributed by atoms with Crippen LogP contribution in [0.4, 0.5) is 0 Å². The summed E-state index contributed by atoms with van der Waals surface area (Å²) in [7, 11) is -3.22. The molecule has 0 radical (unpaired) electrons. The Labute approximate surface area is 150 Å². The zero-order valence-electron chi connectivity index (χ0n) is 14.1. The minimum absolute atomic E-state index is 0. The Morgan fingerprint density at radius 1 is 1.04 bits per heavy atom. The van der Waals surface area contributed by atoms with Crippen molar-refractivity contribution < 1.29 is 13.2 Å². The molecule has 0 bridgehead atoms. The summed E-state index contributed by atoms with van der Waals surface area (Å²) >= 11 is 0. The van der Waals surface area contributed by atoms with Gasteiger partial charge < -0.3 is 10.6 Å². The van der Waals surface area contributed by atoms with Gasteiger partial charge in [-0.15, -0.1) is 12.4 Å². The molecule has 1 amide bonds. The fourth-order valence-corrected chi connectivity index (χ4v) is 3.52. The van der Waals surface area contributed by atoms with Gasteiger partial charge in [0.1, 0.15) is 0 Å². The van der Waals surface area contributed by atoms with Crippen LogP contribution in [-0.4, -0.2) is 39.7 Å². The van der Waals surface area contributed by atoms with E-state index in [4.69, 9.17) is 0 Å². The molecule has 0 atom stereocenters.